The van der Waals surface area contributed by atoms with Crippen molar-refractivity contribution in [3.8, 4) is 11.1 Å². The quantitative estimate of drug-likeness (QED) is 0.864. The average molecular weight is 239 g/mol. The van der Waals surface area contributed by atoms with Crippen molar-refractivity contribution >= 4 is 0 Å². The molecule has 1 aliphatic carbocycles. The molecule has 92 valence electrons. The third kappa shape index (κ3) is 1.74. The maximum absolute atomic E-state index is 9.17. The normalized spacial score (nSPS) is 15.2. The molecule has 2 aromatic rings. The van der Waals surface area contributed by atoms with E-state index in [1.165, 1.54) is 22.3 Å². The van der Waals surface area contributed by atoms with Crippen LogP contribution >= 0.6 is 0 Å². The van der Waals surface area contributed by atoms with Crippen molar-refractivity contribution in [1.82, 2.24) is 0 Å². The van der Waals surface area contributed by atoms with Gasteiger partial charge in [0, 0.05) is 12.0 Å². The molecule has 0 heterocycles. The van der Waals surface area contributed by atoms with Crippen LogP contribution in [0.15, 0.2) is 48.5 Å². The van der Waals surface area contributed by atoms with E-state index >= 15 is 0 Å². The van der Waals surface area contributed by atoms with Crippen molar-refractivity contribution in [3.63, 3.8) is 0 Å². The molecular formula is C16H17NO. The van der Waals surface area contributed by atoms with Gasteiger partial charge in [-0.1, -0.05) is 48.5 Å². The summed E-state index contributed by atoms with van der Waals surface area (Å²) in [4.78, 5) is 0. The summed E-state index contributed by atoms with van der Waals surface area (Å²) in [6.45, 7) is 0.0425. The molecule has 0 amide bonds. The predicted octanol–water partition coefficient (Wildman–Crippen LogP) is 2.51. The second-order valence-electron chi connectivity index (χ2n) is 4.91. The minimum atomic E-state index is -0.158. The average Bonchev–Trinajstić information content (AvgIpc) is 2.74. The van der Waals surface area contributed by atoms with E-state index in [2.05, 4.69) is 48.5 Å². The van der Waals surface area contributed by atoms with Crippen LogP contribution in [-0.2, 0) is 0 Å². The lowest BCUT2D eigenvalue weighted by Gasteiger charge is -2.17. The molecule has 18 heavy (non-hydrogen) atoms. The Bertz CT molecular complexity index is 519. The molecule has 2 nitrogen and oxygen atoms in total. The lowest BCUT2D eigenvalue weighted by atomic mass is 9.91. The fraction of sp³-hybridized carbons (Fsp3) is 0.250. The SMILES string of the molecule is NC(CO)CC1c2ccccc2-c2ccccc21. The molecule has 2 heteroatoms. The largest absolute Gasteiger partial charge is 0.395 e. The number of aliphatic hydroxyl groups excluding tert-OH is 1. The Balaban J connectivity index is 2.09. The van der Waals surface area contributed by atoms with Gasteiger partial charge in [-0.2, -0.15) is 0 Å². The molecule has 0 spiro atoms. The van der Waals surface area contributed by atoms with E-state index in [-0.39, 0.29) is 12.6 Å². The molecule has 3 rings (SSSR count). The highest BCUT2D eigenvalue weighted by molar-refractivity contribution is 5.78. The third-order valence-electron chi connectivity index (χ3n) is 3.74. The molecule has 0 radical (unpaired) electrons. The second-order valence-corrected chi connectivity index (χ2v) is 4.91. The molecule has 0 fully saturated rings. The standard InChI is InChI=1S/C16H17NO/c17-11(10-18)9-16-14-7-3-1-5-12(14)13-6-2-4-8-15(13)16/h1-8,11,16,18H,9-10,17H2. The Kier molecular flexibility index (Phi) is 2.90. The van der Waals surface area contributed by atoms with E-state index in [0.717, 1.165) is 6.42 Å². The van der Waals surface area contributed by atoms with Gasteiger partial charge >= 0.3 is 0 Å². The van der Waals surface area contributed by atoms with Gasteiger partial charge in [-0.15, -0.1) is 0 Å². The number of hydrogen-bond acceptors (Lipinski definition) is 2. The minimum Gasteiger partial charge on any atom is -0.395 e. The topological polar surface area (TPSA) is 46.2 Å². The number of nitrogens with two attached hydrogens (primary N) is 1. The lowest BCUT2D eigenvalue weighted by molar-refractivity contribution is 0.257. The van der Waals surface area contributed by atoms with Gasteiger partial charge in [0.15, 0.2) is 0 Å². The van der Waals surface area contributed by atoms with E-state index in [1.807, 2.05) is 0 Å². The summed E-state index contributed by atoms with van der Waals surface area (Å²) in [6.07, 6.45) is 0.796. The van der Waals surface area contributed by atoms with Crippen LogP contribution in [0.1, 0.15) is 23.5 Å². The van der Waals surface area contributed by atoms with Crippen LogP contribution in [-0.4, -0.2) is 17.8 Å². The van der Waals surface area contributed by atoms with Crippen molar-refractivity contribution < 1.29 is 5.11 Å². The Morgan fingerprint density at radius 2 is 1.44 bits per heavy atom. The van der Waals surface area contributed by atoms with Gasteiger partial charge in [-0.25, -0.2) is 0 Å². The zero-order chi connectivity index (χ0) is 12.5. The zero-order valence-corrected chi connectivity index (χ0v) is 10.2. The molecular weight excluding hydrogens is 222 g/mol. The van der Waals surface area contributed by atoms with Gasteiger partial charge in [-0.05, 0) is 28.7 Å². The number of aliphatic hydroxyl groups is 1. The van der Waals surface area contributed by atoms with Crippen molar-refractivity contribution in [3.05, 3.63) is 59.7 Å². The van der Waals surface area contributed by atoms with Gasteiger partial charge in [0.05, 0.1) is 6.61 Å². The molecule has 0 bridgehead atoms. The monoisotopic (exact) mass is 239 g/mol. The zero-order valence-electron chi connectivity index (χ0n) is 10.2. The van der Waals surface area contributed by atoms with Gasteiger partial charge in [0.25, 0.3) is 0 Å². The van der Waals surface area contributed by atoms with E-state index in [1.54, 1.807) is 0 Å². The number of rotatable bonds is 3. The Labute approximate surface area is 107 Å². The van der Waals surface area contributed by atoms with Gasteiger partial charge in [0.1, 0.15) is 0 Å². The summed E-state index contributed by atoms with van der Waals surface area (Å²) < 4.78 is 0. The number of benzene rings is 2. The van der Waals surface area contributed by atoms with Crippen molar-refractivity contribution in [2.24, 2.45) is 5.73 Å². The van der Waals surface area contributed by atoms with Crippen LogP contribution in [0.25, 0.3) is 11.1 Å². The Hall–Kier alpha value is -1.64. The first-order valence-electron chi connectivity index (χ1n) is 6.36. The number of fused-ring (bicyclic) bond motifs is 3. The second kappa shape index (κ2) is 4.56. The first-order chi connectivity index (χ1) is 8.81. The van der Waals surface area contributed by atoms with Gasteiger partial charge in [-0.3, -0.25) is 0 Å². The number of hydrogen-bond donors (Lipinski definition) is 2. The Morgan fingerprint density at radius 1 is 0.944 bits per heavy atom. The summed E-state index contributed by atoms with van der Waals surface area (Å²) in [6, 6.07) is 16.8. The maximum Gasteiger partial charge on any atom is 0.0582 e. The van der Waals surface area contributed by atoms with E-state index < -0.39 is 0 Å². The first-order valence-corrected chi connectivity index (χ1v) is 6.36. The predicted molar refractivity (Wildman–Crippen MR) is 73.4 cm³/mol. The molecule has 2 aromatic carbocycles. The third-order valence-corrected chi connectivity index (χ3v) is 3.74. The van der Waals surface area contributed by atoms with Crippen molar-refractivity contribution in [1.29, 1.82) is 0 Å². The first kappa shape index (κ1) is 11.5. The summed E-state index contributed by atoms with van der Waals surface area (Å²) in [7, 11) is 0. The fourth-order valence-electron chi connectivity index (χ4n) is 2.89. The van der Waals surface area contributed by atoms with Crippen LogP contribution in [0.2, 0.25) is 0 Å². The van der Waals surface area contributed by atoms with E-state index in [0.29, 0.717) is 5.92 Å². The maximum atomic E-state index is 9.17. The summed E-state index contributed by atoms with van der Waals surface area (Å²) in [5.41, 5.74) is 11.2. The summed E-state index contributed by atoms with van der Waals surface area (Å²) in [5, 5.41) is 9.17. The molecule has 1 atom stereocenters. The molecule has 0 saturated carbocycles. The van der Waals surface area contributed by atoms with E-state index in [4.69, 9.17) is 10.8 Å². The molecule has 0 aliphatic heterocycles. The van der Waals surface area contributed by atoms with E-state index in [9.17, 15) is 0 Å². The highest BCUT2D eigenvalue weighted by atomic mass is 16.3. The van der Waals surface area contributed by atoms with Crippen molar-refractivity contribution in [2.45, 2.75) is 18.4 Å². The smallest absolute Gasteiger partial charge is 0.0582 e. The fourth-order valence-corrected chi connectivity index (χ4v) is 2.89. The van der Waals surface area contributed by atoms with Crippen LogP contribution in [0.5, 0.6) is 0 Å². The molecule has 1 unspecified atom stereocenters. The Morgan fingerprint density at radius 3 is 1.94 bits per heavy atom. The molecule has 0 saturated heterocycles. The highest BCUT2D eigenvalue weighted by Gasteiger charge is 2.28. The summed E-state index contributed by atoms with van der Waals surface area (Å²) in [5.74, 6) is 0.319. The lowest BCUT2D eigenvalue weighted by Crippen LogP contribution is -2.26. The van der Waals surface area contributed by atoms with Gasteiger partial charge in [0.2, 0.25) is 0 Å². The molecule has 0 aromatic heterocycles. The van der Waals surface area contributed by atoms with Crippen LogP contribution < -0.4 is 5.73 Å². The van der Waals surface area contributed by atoms with Crippen LogP contribution in [0, 0.1) is 0 Å². The molecule has 1 aliphatic rings. The highest BCUT2D eigenvalue weighted by Crippen LogP contribution is 2.46. The minimum absolute atomic E-state index is 0.0425. The van der Waals surface area contributed by atoms with Crippen LogP contribution in [0.4, 0.5) is 0 Å². The molecule has 3 N–H and O–H groups in total. The van der Waals surface area contributed by atoms with Crippen molar-refractivity contribution in [2.75, 3.05) is 6.61 Å². The summed E-state index contributed by atoms with van der Waals surface area (Å²) >= 11 is 0. The van der Waals surface area contributed by atoms with Gasteiger partial charge < -0.3 is 10.8 Å². The van der Waals surface area contributed by atoms with Crippen LogP contribution in [0.3, 0.4) is 0 Å².